The molecule has 2 N–H and O–H groups in total. The third-order valence-corrected chi connectivity index (χ3v) is 3.65. The highest BCUT2D eigenvalue weighted by Gasteiger charge is 2.34. The van der Waals surface area contributed by atoms with E-state index in [-0.39, 0.29) is 28.3 Å². The van der Waals surface area contributed by atoms with Gasteiger partial charge in [0.15, 0.2) is 5.78 Å². The lowest BCUT2D eigenvalue weighted by molar-refractivity contribution is 0.0969. The molecule has 0 saturated carbocycles. The molecule has 106 valence electrons. The SMILES string of the molecule is CCc1cc(=O)[nH]c2c1C(=O)c1c(C)cc(=O)[nH]c1C2=O. The molecule has 0 aromatic carbocycles. The molecule has 1 aliphatic rings. The van der Waals surface area contributed by atoms with Crippen molar-refractivity contribution in [3.05, 3.63) is 66.5 Å². The quantitative estimate of drug-likeness (QED) is 0.687. The Morgan fingerprint density at radius 2 is 1.43 bits per heavy atom. The summed E-state index contributed by atoms with van der Waals surface area (Å²) in [5, 5.41) is 0. The van der Waals surface area contributed by atoms with Crippen LogP contribution in [-0.4, -0.2) is 21.5 Å². The van der Waals surface area contributed by atoms with E-state index in [9.17, 15) is 19.2 Å². The minimum atomic E-state index is -0.534. The van der Waals surface area contributed by atoms with Gasteiger partial charge in [-0.1, -0.05) is 6.92 Å². The minimum absolute atomic E-state index is 0.0434. The lowest BCUT2D eigenvalue weighted by Crippen LogP contribution is -2.31. The van der Waals surface area contributed by atoms with Crippen LogP contribution in [0.1, 0.15) is 50.2 Å². The molecule has 0 aliphatic heterocycles. The van der Waals surface area contributed by atoms with Crippen molar-refractivity contribution < 1.29 is 9.59 Å². The molecule has 2 heterocycles. The number of carbonyl (C=O) groups is 2. The van der Waals surface area contributed by atoms with E-state index in [0.29, 0.717) is 17.5 Å². The van der Waals surface area contributed by atoms with E-state index in [2.05, 4.69) is 9.97 Å². The molecule has 0 radical (unpaired) electrons. The van der Waals surface area contributed by atoms with Crippen LogP contribution >= 0.6 is 0 Å². The normalized spacial score (nSPS) is 13.0. The zero-order valence-corrected chi connectivity index (χ0v) is 11.5. The molecule has 21 heavy (non-hydrogen) atoms. The summed E-state index contributed by atoms with van der Waals surface area (Å²) >= 11 is 0. The van der Waals surface area contributed by atoms with Gasteiger partial charge >= 0.3 is 0 Å². The van der Waals surface area contributed by atoms with E-state index in [1.54, 1.807) is 6.92 Å². The lowest BCUT2D eigenvalue weighted by atomic mass is 9.85. The number of carbonyl (C=O) groups excluding carboxylic acids is 2. The molecule has 0 unspecified atom stereocenters. The van der Waals surface area contributed by atoms with Crippen LogP contribution < -0.4 is 11.1 Å². The first kappa shape index (κ1) is 13.2. The van der Waals surface area contributed by atoms with Crippen molar-refractivity contribution in [2.75, 3.05) is 0 Å². The van der Waals surface area contributed by atoms with Crippen molar-refractivity contribution in [2.24, 2.45) is 0 Å². The molecule has 6 heteroatoms. The number of nitrogens with one attached hydrogen (secondary N) is 2. The number of hydrogen-bond donors (Lipinski definition) is 2. The molecule has 6 nitrogen and oxygen atoms in total. The Balaban J connectivity index is 2.44. The van der Waals surface area contributed by atoms with Gasteiger partial charge in [0.2, 0.25) is 16.9 Å². The Kier molecular flexibility index (Phi) is 2.76. The zero-order chi connectivity index (χ0) is 15.3. The number of aromatic nitrogens is 2. The summed E-state index contributed by atoms with van der Waals surface area (Å²) in [5.41, 5.74) is 0.419. The van der Waals surface area contributed by atoms with Gasteiger partial charge in [0, 0.05) is 12.1 Å². The smallest absolute Gasteiger partial charge is 0.248 e. The average molecular weight is 284 g/mol. The predicted octanol–water partition coefficient (Wildman–Crippen LogP) is 0.709. The van der Waals surface area contributed by atoms with Crippen LogP contribution in [0.4, 0.5) is 0 Å². The minimum Gasteiger partial charge on any atom is -0.318 e. The number of aryl methyl sites for hydroxylation is 2. The molecule has 0 amide bonds. The highest BCUT2D eigenvalue weighted by atomic mass is 16.2. The molecular formula is C15H12N2O4. The standard InChI is InChI=1S/C15H12N2O4/c1-3-7-5-9(19)17-13-11(7)14(20)10-6(2)4-8(18)16-12(10)15(13)21/h4-5H,3H2,1-2H3,(H,16,18)(H,17,19). The summed E-state index contributed by atoms with van der Waals surface area (Å²) < 4.78 is 0. The number of H-pyrrole nitrogens is 2. The monoisotopic (exact) mass is 284 g/mol. The molecule has 2 aromatic rings. The second kappa shape index (κ2) is 4.37. The maximum Gasteiger partial charge on any atom is 0.248 e. The summed E-state index contributed by atoms with van der Waals surface area (Å²) in [6.45, 7) is 3.42. The van der Waals surface area contributed by atoms with Crippen LogP contribution in [0, 0.1) is 6.92 Å². The predicted molar refractivity (Wildman–Crippen MR) is 75.1 cm³/mol. The molecule has 0 spiro atoms. The summed E-state index contributed by atoms with van der Waals surface area (Å²) in [7, 11) is 0. The third-order valence-electron chi connectivity index (χ3n) is 3.65. The van der Waals surface area contributed by atoms with E-state index in [1.165, 1.54) is 12.1 Å². The van der Waals surface area contributed by atoms with Gasteiger partial charge in [-0.25, -0.2) is 0 Å². The number of pyridine rings is 2. The van der Waals surface area contributed by atoms with Gasteiger partial charge in [0.25, 0.3) is 0 Å². The van der Waals surface area contributed by atoms with Gasteiger partial charge in [-0.15, -0.1) is 0 Å². The van der Waals surface area contributed by atoms with Gasteiger partial charge in [-0.3, -0.25) is 19.2 Å². The lowest BCUT2D eigenvalue weighted by Gasteiger charge is -2.20. The Morgan fingerprint density at radius 1 is 0.857 bits per heavy atom. The largest absolute Gasteiger partial charge is 0.318 e. The molecule has 0 bridgehead atoms. The fourth-order valence-electron chi connectivity index (χ4n) is 2.72. The highest BCUT2D eigenvalue weighted by Crippen LogP contribution is 2.27. The number of hydrogen-bond acceptors (Lipinski definition) is 4. The van der Waals surface area contributed by atoms with E-state index in [0.717, 1.165) is 0 Å². The van der Waals surface area contributed by atoms with Crippen molar-refractivity contribution in [2.45, 2.75) is 20.3 Å². The molecule has 0 atom stereocenters. The number of aromatic amines is 2. The van der Waals surface area contributed by atoms with Crippen molar-refractivity contribution in [3.63, 3.8) is 0 Å². The topological polar surface area (TPSA) is 99.9 Å². The zero-order valence-electron chi connectivity index (χ0n) is 11.5. The van der Waals surface area contributed by atoms with Crippen molar-refractivity contribution in [1.82, 2.24) is 9.97 Å². The van der Waals surface area contributed by atoms with Crippen molar-refractivity contribution in [1.29, 1.82) is 0 Å². The van der Waals surface area contributed by atoms with Gasteiger partial charge in [-0.05, 0) is 24.5 Å². The number of fused-ring (bicyclic) bond motifs is 2. The molecule has 3 rings (SSSR count). The second-order valence-electron chi connectivity index (χ2n) is 4.99. The van der Waals surface area contributed by atoms with E-state index < -0.39 is 16.9 Å². The molecule has 0 saturated heterocycles. The third kappa shape index (κ3) is 1.79. The first-order valence-electron chi connectivity index (χ1n) is 6.53. The second-order valence-corrected chi connectivity index (χ2v) is 4.99. The number of rotatable bonds is 1. The van der Waals surface area contributed by atoms with Crippen LogP contribution in [0.25, 0.3) is 0 Å². The maximum absolute atomic E-state index is 12.7. The van der Waals surface area contributed by atoms with Crippen LogP contribution in [0.2, 0.25) is 0 Å². The Labute approximate surface area is 118 Å². The maximum atomic E-state index is 12.7. The van der Waals surface area contributed by atoms with E-state index in [1.807, 2.05) is 6.92 Å². The first-order valence-corrected chi connectivity index (χ1v) is 6.53. The van der Waals surface area contributed by atoms with Crippen LogP contribution in [0.3, 0.4) is 0 Å². The Morgan fingerprint density at radius 3 is 2.05 bits per heavy atom. The van der Waals surface area contributed by atoms with Gasteiger partial charge in [-0.2, -0.15) is 0 Å². The summed E-state index contributed by atoms with van der Waals surface area (Å²) in [4.78, 5) is 53.1. The molecule has 1 aliphatic carbocycles. The first-order chi connectivity index (χ1) is 9.93. The fourth-order valence-corrected chi connectivity index (χ4v) is 2.72. The van der Waals surface area contributed by atoms with Crippen LogP contribution in [0.15, 0.2) is 21.7 Å². The Bertz CT molecular complexity index is 918. The molecular weight excluding hydrogens is 272 g/mol. The molecule has 0 fully saturated rings. The van der Waals surface area contributed by atoms with Gasteiger partial charge in [0.05, 0.1) is 11.1 Å². The van der Waals surface area contributed by atoms with Crippen molar-refractivity contribution >= 4 is 11.6 Å². The summed E-state index contributed by atoms with van der Waals surface area (Å²) in [6.07, 6.45) is 0.461. The van der Waals surface area contributed by atoms with Crippen molar-refractivity contribution in [3.8, 4) is 0 Å². The average Bonchev–Trinajstić information content (AvgIpc) is 2.42. The summed E-state index contributed by atoms with van der Waals surface area (Å²) in [6, 6.07) is 2.61. The molecule has 2 aromatic heterocycles. The van der Waals surface area contributed by atoms with Crippen LogP contribution in [0.5, 0.6) is 0 Å². The van der Waals surface area contributed by atoms with E-state index in [4.69, 9.17) is 0 Å². The van der Waals surface area contributed by atoms with Gasteiger partial charge < -0.3 is 9.97 Å². The number of ketones is 2. The fraction of sp³-hybridized carbons (Fsp3) is 0.200. The summed E-state index contributed by atoms with van der Waals surface area (Å²) in [5.74, 6) is -0.880. The van der Waals surface area contributed by atoms with E-state index >= 15 is 0 Å². The van der Waals surface area contributed by atoms with Gasteiger partial charge in [0.1, 0.15) is 11.4 Å². The Hall–Kier alpha value is -2.76. The van der Waals surface area contributed by atoms with Crippen LogP contribution in [-0.2, 0) is 6.42 Å². The highest BCUT2D eigenvalue weighted by molar-refractivity contribution is 6.27.